The molecule has 1 atom stereocenters. The summed E-state index contributed by atoms with van der Waals surface area (Å²) in [6, 6.07) is 11.1. The van der Waals surface area contributed by atoms with Crippen molar-refractivity contribution in [2.75, 3.05) is 13.1 Å². The van der Waals surface area contributed by atoms with Crippen molar-refractivity contribution in [3.8, 4) is 11.3 Å². The monoisotopic (exact) mass is 380 g/mol. The average molecular weight is 380 g/mol. The van der Waals surface area contributed by atoms with Gasteiger partial charge in [0.05, 0.1) is 17.9 Å². The van der Waals surface area contributed by atoms with Crippen LogP contribution >= 0.6 is 0 Å². The maximum absolute atomic E-state index is 12.9. The van der Waals surface area contributed by atoms with Crippen molar-refractivity contribution < 1.29 is 14.7 Å². The summed E-state index contributed by atoms with van der Waals surface area (Å²) < 4.78 is 0. The fraction of sp³-hybridized carbons (Fsp3) is 0.435. The summed E-state index contributed by atoms with van der Waals surface area (Å²) in [6.45, 7) is 5.22. The van der Waals surface area contributed by atoms with Gasteiger partial charge in [0.25, 0.3) is 5.91 Å². The molecular weight excluding hydrogens is 352 g/mol. The predicted octanol–water partition coefficient (Wildman–Crippen LogP) is 3.71. The molecule has 1 aromatic heterocycles. The van der Waals surface area contributed by atoms with Gasteiger partial charge >= 0.3 is 0 Å². The highest BCUT2D eigenvalue weighted by Gasteiger charge is 2.29. The van der Waals surface area contributed by atoms with E-state index in [4.69, 9.17) is 0 Å². The Kier molecular flexibility index (Phi) is 6.57. The highest BCUT2D eigenvalue weighted by Crippen LogP contribution is 2.24. The summed E-state index contributed by atoms with van der Waals surface area (Å²) >= 11 is 0. The van der Waals surface area contributed by atoms with Gasteiger partial charge in [0.2, 0.25) is 0 Å². The Morgan fingerprint density at radius 3 is 2.68 bits per heavy atom. The lowest BCUT2D eigenvalue weighted by Gasteiger charge is -2.32. The van der Waals surface area contributed by atoms with Crippen LogP contribution in [0, 0.1) is 11.8 Å². The molecule has 148 valence electrons. The molecule has 1 aliphatic rings. The summed E-state index contributed by atoms with van der Waals surface area (Å²) in [5.74, 6) is 0.485. The normalized spacial score (nSPS) is 17.0. The van der Waals surface area contributed by atoms with E-state index >= 15 is 0 Å². The third kappa shape index (κ3) is 4.65. The molecule has 2 heterocycles. The number of rotatable bonds is 6. The van der Waals surface area contributed by atoms with Gasteiger partial charge < -0.3 is 10.0 Å². The van der Waals surface area contributed by atoms with Gasteiger partial charge in [0.1, 0.15) is 5.78 Å². The standard InChI is InChI=1S/C23H28N2O3/c1-16(2)12-22(27)18-7-5-11-25(14-18)23(28)17-9-10-21(24-13-17)20-8-4-3-6-19(20)15-26/h3-4,6,8-10,13,16,18,26H,5,7,11-12,14-15H2,1-2H3/t18-/m1/s1. The number of hydrogen-bond donors (Lipinski definition) is 1. The number of ketones is 1. The summed E-state index contributed by atoms with van der Waals surface area (Å²) in [5.41, 5.74) is 2.92. The Morgan fingerprint density at radius 1 is 1.21 bits per heavy atom. The SMILES string of the molecule is CC(C)CC(=O)[C@@H]1CCCN(C(=O)c2ccc(-c3ccccc3CO)nc2)C1. The summed E-state index contributed by atoms with van der Waals surface area (Å²) in [5, 5.41) is 9.50. The number of Topliss-reactive ketones (excluding diaryl/α,β-unsaturated/α-hetero) is 1. The number of likely N-dealkylation sites (tertiary alicyclic amines) is 1. The molecule has 5 heteroatoms. The fourth-order valence-electron chi connectivity index (χ4n) is 3.76. The minimum absolute atomic E-state index is 0.0521. The van der Waals surface area contributed by atoms with E-state index in [1.807, 2.05) is 44.2 Å². The maximum Gasteiger partial charge on any atom is 0.255 e. The first kappa shape index (κ1) is 20.2. The molecule has 0 bridgehead atoms. The van der Waals surface area contributed by atoms with Crippen LogP contribution in [0.2, 0.25) is 0 Å². The molecule has 1 saturated heterocycles. The van der Waals surface area contributed by atoms with Gasteiger partial charge in [0, 0.05) is 37.2 Å². The van der Waals surface area contributed by atoms with Crippen molar-refractivity contribution in [3.63, 3.8) is 0 Å². The van der Waals surface area contributed by atoms with Crippen LogP contribution in [0.4, 0.5) is 0 Å². The first-order valence-corrected chi connectivity index (χ1v) is 9.96. The minimum Gasteiger partial charge on any atom is -0.392 e. The second kappa shape index (κ2) is 9.11. The number of carbonyl (C=O) groups excluding carboxylic acids is 2. The lowest BCUT2D eigenvalue weighted by atomic mass is 9.89. The zero-order valence-electron chi connectivity index (χ0n) is 16.6. The van der Waals surface area contributed by atoms with Gasteiger partial charge in [-0.25, -0.2) is 0 Å². The van der Waals surface area contributed by atoms with E-state index in [1.54, 1.807) is 17.2 Å². The minimum atomic E-state index is -0.0726. The van der Waals surface area contributed by atoms with Gasteiger partial charge in [-0.2, -0.15) is 0 Å². The smallest absolute Gasteiger partial charge is 0.255 e. The quantitative estimate of drug-likeness (QED) is 0.829. The number of aromatic nitrogens is 1. The van der Waals surface area contributed by atoms with E-state index in [0.29, 0.717) is 31.0 Å². The summed E-state index contributed by atoms with van der Waals surface area (Å²) in [4.78, 5) is 31.5. The number of piperidine rings is 1. The number of benzene rings is 1. The number of hydrogen-bond acceptors (Lipinski definition) is 4. The van der Waals surface area contributed by atoms with Crippen LogP contribution in [0.25, 0.3) is 11.3 Å². The second-order valence-electron chi connectivity index (χ2n) is 7.90. The molecule has 1 N–H and O–H groups in total. The van der Waals surface area contributed by atoms with Crippen molar-refractivity contribution in [3.05, 3.63) is 53.7 Å². The largest absolute Gasteiger partial charge is 0.392 e. The summed E-state index contributed by atoms with van der Waals surface area (Å²) in [6.07, 6.45) is 3.89. The van der Waals surface area contributed by atoms with Gasteiger partial charge in [-0.3, -0.25) is 14.6 Å². The third-order valence-electron chi connectivity index (χ3n) is 5.25. The molecule has 2 aromatic rings. The van der Waals surface area contributed by atoms with E-state index in [2.05, 4.69) is 4.98 Å². The lowest BCUT2D eigenvalue weighted by molar-refractivity contribution is -0.124. The van der Waals surface area contributed by atoms with Crippen molar-refractivity contribution in [1.29, 1.82) is 0 Å². The molecular formula is C23H28N2O3. The molecule has 1 aliphatic heterocycles. The number of carbonyl (C=O) groups is 2. The van der Waals surface area contributed by atoms with Crippen LogP contribution in [0.3, 0.4) is 0 Å². The number of pyridine rings is 1. The number of aliphatic hydroxyl groups excluding tert-OH is 1. The van der Waals surface area contributed by atoms with Crippen LogP contribution in [-0.4, -0.2) is 39.8 Å². The highest BCUT2D eigenvalue weighted by atomic mass is 16.3. The molecule has 0 saturated carbocycles. The van der Waals surface area contributed by atoms with Gasteiger partial charge in [0.15, 0.2) is 0 Å². The van der Waals surface area contributed by atoms with Crippen LogP contribution < -0.4 is 0 Å². The van der Waals surface area contributed by atoms with Crippen molar-refractivity contribution in [2.45, 2.75) is 39.7 Å². The zero-order valence-corrected chi connectivity index (χ0v) is 16.6. The van der Waals surface area contributed by atoms with Crippen LogP contribution in [0.1, 0.15) is 49.0 Å². The van der Waals surface area contributed by atoms with Crippen LogP contribution in [0.5, 0.6) is 0 Å². The molecule has 3 rings (SSSR count). The molecule has 1 amide bonds. The predicted molar refractivity (Wildman–Crippen MR) is 109 cm³/mol. The summed E-state index contributed by atoms with van der Waals surface area (Å²) in [7, 11) is 0. The molecule has 5 nitrogen and oxygen atoms in total. The lowest BCUT2D eigenvalue weighted by Crippen LogP contribution is -2.42. The topological polar surface area (TPSA) is 70.5 Å². The number of aliphatic hydroxyl groups is 1. The van der Waals surface area contributed by atoms with E-state index in [-0.39, 0.29) is 24.2 Å². The molecule has 0 unspecified atom stereocenters. The average Bonchev–Trinajstić information content (AvgIpc) is 2.73. The number of amides is 1. The molecule has 0 spiro atoms. The fourth-order valence-corrected chi connectivity index (χ4v) is 3.76. The van der Waals surface area contributed by atoms with Crippen LogP contribution in [0.15, 0.2) is 42.6 Å². The van der Waals surface area contributed by atoms with E-state index < -0.39 is 0 Å². The Morgan fingerprint density at radius 2 is 2.00 bits per heavy atom. The first-order chi connectivity index (χ1) is 13.5. The third-order valence-corrected chi connectivity index (χ3v) is 5.25. The van der Waals surface area contributed by atoms with E-state index in [0.717, 1.165) is 29.7 Å². The Bertz CT molecular complexity index is 830. The maximum atomic E-state index is 12.9. The Labute approximate surface area is 166 Å². The second-order valence-corrected chi connectivity index (χ2v) is 7.90. The van der Waals surface area contributed by atoms with Gasteiger partial charge in [-0.05, 0) is 36.5 Å². The van der Waals surface area contributed by atoms with Crippen molar-refractivity contribution in [1.82, 2.24) is 9.88 Å². The Balaban J connectivity index is 1.71. The number of nitrogens with zero attached hydrogens (tertiary/aromatic N) is 2. The zero-order chi connectivity index (χ0) is 20.1. The molecule has 0 radical (unpaired) electrons. The molecule has 1 fully saturated rings. The van der Waals surface area contributed by atoms with E-state index in [1.165, 1.54) is 0 Å². The Hall–Kier alpha value is -2.53. The van der Waals surface area contributed by atoms with Gasteiger partial charge in [-0.1, -0.05) is 38.1 Å². The highest BCUT2D eigenvalue weighted by molar-refractivity contribution is 5.94. The van der Waals surface area contributed by atoms with E-state index in [9.17, 15) is 14.7 Å². The van der Waals surface area contributed by atoms with Gasteiger partial charge in [-0.15, -0.1) is 0 Å². The van der Waals surface area contributed by atoms with Crippen LogP contribution in [-0.2, 0) is 11.4 Å². The first-order valence-electron chi connectivity index (χ1n) is 9.96. The van der Waals surface area contributed by atoms with Crippen molar-refractivity contribution in [2.24, 2.45) is 11.8 Å². The molecule has 28 heavy (non-hydrogen) atoms. The molecule has 0 aliphatic carbocycles. The van der Waals surface area contributed by atoms with Crippen molar-refractivity contribution >= 4 is 11.7 Å². The molecule has 1 aromatic carbocycles.